The van der Waals surface area contributed by atoms with Crippen molar-refractivity contribution in [2.75, 3.05) is 0 Å². The summed E-state index contributed by atoms with van der Waals surface area (Å²) < 4.78 is 36.6. The number of carbonyl (C=O) groups excluding carboxylic acids is 1. The van der Waals surface area contributed by atoms with Crippen molar-refractivity contribution in [3.05, 3.63) is 77.4 Å². The zero-order chi connectivity index (χ0) is 16.7. The van der Waals surface area contributed by atoms with Crippen molar-refractivity contribution in [3.63, 3.8) is 0 Å². The van der Waals surface area contributed by atoms with Crippen LogP contribution in [-0.2, 0) is 6.54 Å². The first kappa shape index (κ1) is 16.8. The molecular weight excluding hydrogens is 303 g/mol. The van der Waals surface area contributed by atoms with Gasteiger partial charge < -0.3 is 5.32 Å². The first-order valence-corrected chi connectivity index (χ1v) is 7.10. The minimum absolute atomic E-state index is 0.318. The molecule has 0 bridgehead atoms. The Bertz CT molecular complexity index is 678. The summed E-state index contributed by atoms with van der Waals surface area (Å²) in [5.74, 6) is -0.318. The van der Waals surface area contributed by atoms with Crippen LogP contribution in [0, 0.1) is 0 Å². The van der Waals surface area contributed by atoms with Crippen LogP contribution >= 0.6 is 0 Å². The van der Waals surface area contributed by atoms with Gasteiger partial charge in [-0.15, -0.1) is 0 Å². The van der Waals surface area contributed by atoms with E-state index in [-0.39, 0.29) is 5.91 Å². The second kappa shape index (κ2) is 7.63. The molecule has 1 N–H and O–H groups in total. The third-order valence-electron chi connectivity index (χ3n) is 3.15. The maximum absolute atomic E-state index is 12.2. The monoisotopic (exact) mass is 319 g/mol. The number of hydrogen-bond acceptors (Lipinski definition) is 1. The van der Waals surface area contributed by atoms with Gasteiger partial charge in [0, 0.05) is 12.1 Å². The van der Waals surface area contributed by atoms with E-state index < -0.39 is 12.6 Å². The van der Waals surface area contributed by atoms with E-state index in [1.54, 1.807) is 24.3 Å². The van der Waals surface area contributed by atoms with Crippen LogP contribution in [-0.4, -0.2) is 12.1 Å². The molecule has 2 nitrogen and oxygen atoms in total. The molecule has 2 aromatic carbocycles. The number of hydrogen-bond donors (Lipinski definition) is 1. The molecule has 1 amide bonds. The second-order valence-electron chi connectivity index (χ2n) is 4.98. The lowest BCUT2D eigenvalue weighted by Gasteiger charge is -2.08. The zero-order valence-corrected chi connectivity index (χ0v) is 12.3. The fourth-order valence-electron chi connectivity index (χ4n) is 2.04. The van der Waals surface area contributed by atoms with Gasteiger partial charge in [-0.25, -0.2) is 0 Å². The van der Waals surface area contributed by atoms with E-state index in [1.165, 1.54) is 6.08 Å². The summed E-state index contributed by atoms with van der Waals surface area (Å²) in [5.41, 5.74) is 1.76. The van der Waals surface area contributed by atoms with E-state index in [1.807, 2.05) is 30.3 Å². The average Bonchev–Trinajstić information content (AvgIpc) is 2.53. The molecular formula is C18H16F3NO. The summed E-state index contributed by atoms with van der Waals surface area (Å²) in [7, 11) is 0. The Morgan fingerprint density at radius 2 is 1.65 bits per heavy atom. The van der Waals surface area contributed by atoms with Crippen molar-refractivity contribution in [1.29, 1.82) is 0 Å². The van der Waals surface area contributed by atoms with Crippen LogP contribution in [0.2, 0.25) is 0 Å². The summed E-state index contributed by atoms with van der Waals surface area (Å²) in [6, 6.07) is 16.0. The molecule has 0 spiro atoms. The van der Waals surface area contributed by atoms with Crippen molar-refractivity contribution in [2.45, 2.75) is 19.1 Å². The predicted molar refractivity (Wildman–Crippen MR) is 83.8 cm³/mol. The zero-order valence-electron chi connectivity index (χ0n) is 12.3. The SMILES string of the molecule is O=C(NCc1ccccc1)c1ccccc1/C=C/CC(F)(F)F. The minimum atomic E-state index is -4.25. The maximum Gasteiger partial charge on any atom is 0.392 e. The van der Waals surface area contributed by atoms with Crippen LogP contribution in [0.3, 0.4) is 0 Å². The average molecular weight is 319 g/mol. The third-order valence-corrected chi connectivity index (χ3v) is 3.15. The van der Waals surface area contributed by atoms with Gasteiger partial charge in [0.1, 0.15) is 0 Å². The predicted octanol–water partition coefficient (Wildman–Crippen LogP) is 4.58. The topological polar surface area (TPSA) is 29.1 Å². The molecule has 0 aliphatic rings. The standard InChI is InChI=1S/C18H16F3NO/c19-18(20,21)12-6-10-15-9-4-5-11-16(15)17(23)22-13-14-7-2-1-3-8-14/h1-11H,12-13H2,(H,22,23)/b10-6+. The van der Waals surface area contributed by atoms with Crippen molar-refractivity contribution >= 4 is 12.0 Å². The number of amides is 1. The summed E-state index contributed by atoms with van der Waals surface area (Å²) in [4.78, 5) is 12.2. The Morgan fingerprint density at radius 1 is 1.00 bits per heavy atom. The molecule has 0 aromatic heterocycles. The summed E-state index contributed by atoms with van der Waals surface area (Å²) in [6.45, 7) is 0.361. The molecule has 0 saturated carbocycles. The van der Waals surface area contributed by atoms with Crippen LogP contribution in [0.1, 0.15) is 27.9 Å². The molecule has 0 fully saturated rings. The fraction of sp³-hybridized carbons (Fsp3) is 0.167. The van der Waals surface area contributed by atoms with Crippen molar-refractivity contribution < 1.29 is 18.0 Å². The maximum atomic E-state index is 12.2. The highest BCUT2D eigenvalue weighted by Crippen LogP contribution is 2.21. The Balaban J connectivity index is 2.05. The Labute approximate surface area is 132 Å². The highest BCUT2D eigenvalue weighted by Gasteiger charge is 2.24. The minimum Gasteiger partial charge on any atom is -0.348 e. The third kappa shape index (κ3) is 5.62. The number of nitrogens with one attached hydrogen (secondary N) is 1. The van der Waals surface area contributed by atoms with E-state index in [4.69, 9.17) is 0 Å². The van der Waals surface area contributed by atoms with Crippen molar-refractivity contribution in [2.24, 2.45) is 0 Å². The highest BCUT2D eigenvalue weighted by molar-refractivity contribution is 5.97. The van der Waals surface area contributed by atoms with Crippen LogP contribution in [0.15, 0.2) is 60.7 Å². The quantitative estimate of drug-likeness (QED) is 0.858. The van der Waals surface area contributed by atoms with Gasteiger partial charge in [0.15, 0.2) is 0 Å². The van der Waals surface area contributed by atoms with Crippen LogP contribution < -0.4 is 5.32 Å². The van der Waals surface area contributed by atoms with E-state index >= 15 is 0 Å². The summed E-state index contributed by atoms with van der Waals surface area (Å²) in [6.07, 6.45) is -2.93. The number of alkyl halides is 3. The lowest BCUT2D eigenvalue weighted by atomic mass is 10.1. The first-order chi connectivity index (χ1) is 11.0. The van der Waals surface area contributed by atoms with E-state index in [9.17, 15) is 18.0 Å². The summed E-state index contributed by atoms with van der Waals surface area (Å²) in [5, 5.41) is 2.77. The van der Waals surface area contributed by atoms with Gasteiger partial charge in [0.25, 0.3) is 5.91 Å². The van der Waals surface area contributed by atoms with E-state index in [2.05, 4.69) is 5.32 Å². The molecule has 0 aliphatic carbocycles. The van der Waals surface area contributed by atoms with Crippen molar-refractivity contribution in [1.82, 2.24) is 5.32 Å². The Hall–Kier alpha value is -2.56. The first-order valence-electron chi connectivity index (χ1n) is 7.10. The molecule has 2 aromatic rings. The Kier molecular flexibility index (Phi) is 5.57. The van der Waals surface area contributed by atoms with Gasteiger partial charge >= 0.3 is 6.18 Å². The van der Waals surface area contributed by atoms with Crippen LogP contribution in [0.5, 0.6) is 0 Å². The molecule has 5 heteroatoms. The van der Waals surface area contributed by atoms with Crippen LogP contribution in [0.25, 0.3) is 6.08 Å². The lowest BCUT2D eigenvalue weighted by molar-refractivity contribution is -0.124. The smallest absolute Gasteiger partial charge is 0.348 e. The highest BCUT2D eigenvalue weighted by atomic mass is 19.4. The number of allylic oxidation sites excluding steroid dienone is 1. The number of benzene rings is 2. The molecule has 0 heterocycles. The van der Waals surface area contributed by atoms with Gasteiger partial charge in [0.05, 0.1) is 6.42 Å². The lowest BCUT2D eigenvalue weighted by Crippen LogP contribution is -2.23. The molecule has 2 rings (SSSR count). The van der Waals surface area contributed by atoms with Gasteiger partial charge in [-0.2, -0.15) is 13.2 Å². The molecule has 0 saturated heterocycles. The number of rotatable bonds is 5. The van der Waals surface area contributed by atoms with E-state index in [0.717, 1.165) is 11.6 Å². The Morgan fingerprint density at radius 3 is 2.35 bits per heavy atom. The van der Waals surface area contributed by atoms with Crippen LogP contribution in [0.4, 0.5) is 13.2 Å². The molecule has 23 heavy (non-hydrogen) atoms. The van der Waals surface area contributed by atoms with Gasteiger partial charge in [0.2, 0.25) is 0 Å². The normalized spacial score (nSPS) is 11.6. The van der Waals surface area contributed by atoms with Gasteiger partial charge in [-0.1, -0.05) is 60.7 Å². The molecule has 0 radical (unpaired) electrons. The molecule has 0 unspecified atom stereocenters. The molecule has 120 valence electrons. The fourth-order valence-corrected chi connectivity index (χ4v) is 2.04. The number of halogens is 3. The van der Waals surface area contributed by atoms with Gasteiger partial charge in [-0.05, 0) is 17.2 Å². The van der Waals surface area contributed by atoms with Crippen molar-refractivity contribution in [3.8, 4) is 0 Å². The largest absolute Gasteiger partial charge is 0.392 e. The number of carbonyl (C=O) groups is 1. The second-order valence-corrected chi connectivity index (χ2v) is 4.98. The van der Waals surface area contributed by atoms with Gasteiger partial charge in [-0.3, -0.25) is 4.79 Å². The van der Waals surface area contributed by atoms with E-state index in [0.29, 0.717) is 17.7 Å². The molecule has 0 atom stereocenters. The summed E-state index contributed by atoms with van der Waals surface area (Å²) >= 11 is 0. The molecule has 0 aliphatic heterocycles.